The summed E-state index contributed by atoms with van der Waals surface area (Å²) in [7, 11) is 0. The molecule has 0 amide bonds. The Balaban J connectivity index is 2.46. The Kier molecular flexibility index (Phi) is 5.70. The fourth-order valence-electron chi connectivity index (χ4n) is 1.71. The molecule has 1 atom stereocenters. The maximum Gasteiger partial charge on any atom is 0.161 e. The summed E-state index contributed by atoms with van der Waals surface area (Å²) in [5.41, 5.74) is 0.891. The first-order valence-corrected chi connectivity index (χ1v) is 7.72. The second-order valence-electron chi connectivity index (χ2n) is 4.08. The van der Waals surface area contributed by atoms with Crippen molar-refractivity contribution in [1.29, 1.82) is 0 Å². The molecule has 2 rings (SSSR count). The van der Waals surface area contributed by atoms with Gasteiger partial charge in [0.25, 0.3) is 0 Å². The zero-order valence-electron chi connectivity index (χ0n) is 10.5. The van der Waals surface area contributed by atoms with Crippen LogP contribution in [0.25, 0.3) is 0 Å². The molecule has 0 spiro atoms. The topological polar surface area (TPSA) is 9.23 Å². The van der Waals surface area contributed by atoms with E-state index >= 15 is 0 Å². The Morgan fingerprint density at radius 1 is 0.810 bits per heavy atom. The number of rotatable bonds is 4. The van der Waals surface area contributed by atoms with Crippen LogP contribution in [0.1, 0.15) is 11.7 Å². The van der Waals surface area contributed by atoms with E-state index in [1.54, 1.807) is 6.08 Å². The largest absolute Gasteiger partial charge is 0.478 e. The first-order valence-electron chi connectivity index (χ1n) is 5.83. The van der Waals surface area contributed by atoms with Crippen LogP contribution < -0.4 is 4.74 Å². The highest BCUT2D eigenvalue weighted by Crippen LogP contribution is 2.49. The fourth-order valence-corrected chi connectivity index (χ4v) is 2.92. The molecule has 1 unspecified atom stereocenters. The molecule has 0 bridgehead atoms. The van der Waals surface area contributed by atoms with Crippen molar-refractivity contribution in [3.8, 4) is 5.75 Å². The second-order valence-corrected chi connectivity index (χ2v) is 5.97. The third-order valence-corrected chi connectivity index (χ3v) is 5.00. The number of hydrogen-bond acceptors (Lipinski definition) is 1. The molecular weight excluding hydrogens is 373 g/mol. The van der Waals surface area contributed by atoms with Crippen LogP contribution in [-0.2, 0) is 0 Å². The summed E-state index contributed by atoms with van der Waals surface area (Å²) in [6.45, 7) is 3.75. The van der Waals surface area contributed by atoms with Gasteiger partial charge in [-0.2, -0.15) is 0 Å². The molecule has 21 heavy (non-hydrogen) atoms. The lowest BCUT2D eigenvalue weighted by molar-refractivity contribution is 0.256. The Morgan fingerprint density at radius 3 is 1.76 bits per heavy atom. The maximum atomic E-state index is 6.15. The number of benzene rings is 2. The van der Waals surface area contributed by atoms with Crippen LogP contribution in [0.15, 0.2) is 43.0 Å². The molecule has 0 fully saturated rings. The standard InChI is InChI=1S/C15H9Cl5O/c1-2-9(8-6-4-3-5-7-8)21-15-13(19)11(17)10(16)12(18)14(15)20/h2-7,9H,1H2. The minimum absolute atomic E-state index is 0.0931. The number of halogens is 5. The normalized spacial score (nSPS) is 12.0. The van der Waals surface area contributed by atoms with E-state index in [2.05, 4.69) is 6.58 Å². The zero-order chi connectivity index (χ0) is 15.6. The van der Waals surface area contributed by atoms with E-state index in [4.69, 9.17) is 62.7 Å². The van der Waals surface area contributed by atoms with Crippen molar-refractivity contribution in [3.05, 3.63) is 73.7 Å². The molecule has 0 aromatic heterocycles. The van der Waals surface area contributed by atoms with Crippen LogP contribution in [-0.4, -0.2) is 0 Å². The molecule has 0 radical (unpaired) electrons. The highest BCUT2D eigenvalue weighted by atomic mass is 35.5. The number of hydrogen-bond donors (Lipinski definition) is 0. The van der Waals surface area contributed by atoms with E-state index in [-0.39, 0.29) is 30.9 Å². The summed E-state index contributed by atoms with van der Waals surface area (Å²) >= 11 is 30.3. The van der Waals surface area contributed by atoms with Gasteiger partial charge in [0, 0.05) is 0 Å². The molecule has 0 saturated heterocycles. The molecular formula is C15H9Cl5O. The molecule has 0 saturated carbocycles. The van der Waals surface area contributed by atoms with Crippen molar-refractivity contribution in [3.63, 3.8) is 0 Å². The third kappa shape index (κ3) is 3.44. The van der Waals surface area contributed by atoms with Crippen LogP contribution in [0, 0.1) is 0 Å². The maximum absolute atomic E-state index is 6.15. The molecule has 0 aliphatic heterocycles. The van der Waals surface area contributed by atoms with Gasteiger partial charge in [-0.3, -0.25) is 0 Å². The Bertz CT molecular complexity index is 641. The molecule has 0 aliphatic carbocycles. The van der Waals surface area contributed by atoms with E-state index < -0.39 is 6.10 Å². The van der Waals surface area contributed by atoms with E-state index in [1.807, 2.05) is 30.3 Å². The Labute approximate surface area is 148 Å². The van der Waals surface area contributed by atoms with Crippen LogP contribution in [0.3, 0.4) is 0 Å². The van der Waals surface area contributed by atoms with Gasteiger partial charge >= 0.3 is 0 Å². The van der Waals surface area contributed by atoms with Gasteiger partial charge in [-0.1, -0.05) is 94.9 Å². The van der Waals surface area contributed by atoms with Crippen molar-refractivity contribution in [2.24, 2.45) is 0 Å². The van der Waals surface area contributed by atoms with Crippen molar-refractivity contribution in [1.82, 2.24) is 0 Å². The minimum atomic E-state index is -0.450. The van der Waals surface area contributed by atoms with E-state index in [0.717, 1.165) is 5.56 Å². The summed E-state index contributed by atoms with van der Waals surface area (Å²) in [6, 6.07) is 9.47. The monoisotopic (exact) mass is 380 g/mol. The molecule has 0 aliphatic rings. The average molecular weight is 383 g/mol. The van der Waals surface area contributed by atoms with Gasteiger partial charge in [-0.15, -0.1) is 0 Å². The summed E-state index contributed by atoms with van der Waals surface area (Å²) in [5, 5.41) is 0.505. The van der Waals surface area contributed by atoms with Crippen molar-refractivity contribution in [2.75, 3.05) is 0 Å². The Hall–Kier alpha value is -0.570. The predicted octanol–water partition coefficient (Wildman–Crippen LogP) is 7.26. The third-order valence-electron chi connectivity index (χ3n) is 2.76. The van der Waals surface area contributed by atoms with Gasteiger partial charge in [0.15, 0.2) is 5.75 Å². The molecule has 1 nitrogen and oxygen atoms in total. The van der Waals surface area contributed by atoms with Crippen LogP contribution in [0.5, 0.6) is 5.75 Å². The van der Waals surface area contributed by atoms with Crippen molar-refractivity contribution >= 4 is 58.0 Å². The molecule has 110 valence electrons. The molecule has 0 heterocycles. The minimum Gasteiger partial charge on any atom is -0.478 e. The van der Waals surface area contributed by atoms with Gasteiger partial charge in [0.1, 0.15) is 16.1 Å². The van der Waals surface area contributed by atoms with E-state index in [0.29, 0.717) is 0 Å². The summed E-state index contributed by atoms with van der Waals surface area (Å²) < 4.78 is 5.82. The van der Waals surface area contributed by atoms with Crippen molar-refractivity contribution in [2.45, 2.75) is 6.10 Å². The van der Waals surface area contributed by atoms with Crippen LogP contribution in [0.2, 0.25) is 25.1 Å². The van der Waals surface area contributed by atoms with Gasteiger partial charge in [0.2, 0.25) is 0 Å². The van der Waals surface area contributed by atoms with Crippen molar-refractivity contribution < 1.29 is 4.74 Å². The fraction of sp³-hybridized carbons (Fsp3) is 0.0667. The highest BCUT2D eigenvalue weighted by Gasteiger charge is 2.22. The SMILES string of the molecule is C=CC(Oc1c(Cl)c(Cl)c(Cl)c(Cl)c1Cl)c1ccccc1. The van der Waals surface area contributed by atoms with Gasteiger partial charge < -0.3 is 4.74 Å². The molecule has 2 aromatic rings. The lowest BCUT2D eigenvalue weighted by atomic mass is 10.1. The van der Waals surface area contributed by atoms with Gasteiger partial charge in [-0.05, 0) is 11.6 Å². The molecule has 0 N–H and O–H groups in total. The number of ether oxygens (including phenoxy) is 1. The first-order chi connectivity index (χ1) is 9.97. The predicted molar refractivity (Wildman–Crippen MR) is 91.5 cm³/mol. The summed E-state index contributed by atoms with van der Waals surface area (Å²) in [5.74, 6) is 0.173. The molecule has 2 aromatic carbocycles. The average Bonchev–Trinajstić information content (AvgIpc) is 2.52. The summed E-state index contributed by atoms with van der Waals surface area (Å²) in [6.07, 6.45) is 1.17. The lowest BCUT2D eigenvalue weighted by Gasteiger charge is -2.19. The first kappa shape index (κ1) is 16.8. The van der Waals surface area contributed by atoms with Crippen LogP contribution in [0.4, 0.5) is 0 Å². The van der Waals surface area contributed by atoms with Gasteiger partial charge in [-0.25, -0.2) is 0 Å². The zero-order valence-corrected chi connectivity index (χ0v) is 14.3. The quantitative estimate of drug-likeness (QED) is 0.307. The molecule has 6 heteroatoms. The highest BCUT2D eigenvalue weighted by molar-refractivity contribution is 6.55. The van der Waals surface area contributed by atoms with Gasteiger partial charge in [0.05, 0.1) is 15.1 Å². The van der Waals surface area contributed by atoms with Crippen LogP contribution >= 0.6 is 58.0 Å². The second kappa shape index (κ2) is 7.13. The van der Waals surface area contributed by atoms with E-state index in [9.17, 15) is 0 Å². The smallest absolute Gasteiger partial charge is 0.161 e. The lowest BCUT2D eigenvalue weighted by Crippen LogP contribution is -2.05. The van der Waals surface area contributed by atoms with E-state index in [1.165, 1.54) is 0 Å². The Morgan fingerprint density at radius 2 is 1.29 bits per heavy atom. The summed E-state index contributed by atoms with van der Waals surface area (Å²) in [4.78, 5) is 0.